The lowest BCUT2D eigenvalue weighted by molar-refractivity contribution is 0.0530. The summed E-state index contributed by atoms with van der Waals surface area (Å²) in [5.41, 5.74) is 1.76. The second kappa shape index (κ2) is 6.41. The molecule has 1 saturated heterocycles. The lowest BCUT2D eigenvalue weighted by atomic mass is 10.1. The number of morpholine rings is 1. The van der Waals surface area contributed by atoms with Gasteiger partial charge in [0.1, 0.15) is 5.69 Å². The summed E-state index contributed by atoms with van der Waals surface area (Å²) in [4.78, 5) is 13.7. The number of hydrogen-bond donors (Lipinski definition) is 1. The second-order valence-electron chi connectivity index (χ2n) is 4.80. The molecule has 1 N–H and O–H groups in total. The number of ether oxygens (including phenoxy) is 1. The van der Waals surface area contributed by atoms with Gasteiger partial charge in [0.15, 0.2) is 5.76 Å². The smallest absolute Gasteiger partial charge is 0.317 e. The summed E-state index contributed by atoms with van der Waals surface area (Å²) in [5, 5.41) is 6.85. The van der Waals surface area contributed by atoms with Crippen LogP contribution in [0.2, 0.25) is 0 Å². The second-order valence-corrected chi connectivity index (χ2v) is 4.80. The molecule has 0 spiro atoms. The third-order valence-corrected chi connectivity index (χ3v) is 3.34. The van der Waals surface area contributed by atoms with Gasteiger partial charge in [-0.1, -0.05) is 35.5 Å². The van der Waals surface area contributed by atoms with Crippen LogP contribution < -0.4 is 5.32 Å². The van der Waals surface area contributed by atoms with Crippen LogP contribution in [0.1, 0.15) is 5.76 Å². The minimum Gasteiger partial charge on any atom is -0.378 e. The van der Waals surface area contributed by atoms with Crippen LogP contribution in [0.15, 0.2) is 40.9 Å². The van der Waals surface area contributed by atoms with Gasteiger partial charge in [-0.05, 0) is 0 Å². The Morgan fingerprint density at radius 1 is 1.24 bits per heavy atom. The zero-order valence-corrected chi connectivity index (χ0v) is 11.6. The quantitative estimate of drug-likeness (QED) is 0.936. The van der Waals surface area contributed by atoms with Crippen molar-refractivity contribution in [1.29, 1.82) is 0 Å². The number of nitrogens with one attached hydrogen (secondary N) is 1. The van der Waals surface area contributed by atoms with E-state index in [1.165, 1.54) is 0 Å². The molecular formula is C15H17N3O3. The summed E-state index contributed by atoms with van der Waals surface area (Å²) in [5.74, 6) is 0.635. The Bertz CT molecular complexity index is 591. The Morgan fingerprint density at radius 2 is 2.00 bits per heavy atom. The van der Waals surface area contributed by atoms with Crippen molar-refractivity contribution in [3.05, 3.63) is 42.2 Å². The van der Waals surface area contributed by atoms with Crippen LogP contribution in [0.25, 0.3) is 11.3 Å². The number of carbonyl (C=O) groups excluding carboxylic acids is 1. The molecule has 0 bridgehead atoms. The Morgan fingerprint density at radius 3 is 2.76 bits per heavy atom. The predicted octanol–water partition coefficient (Wildman–Crippen LogP) is 1.88. The van der Waals surface area contributed by atoms with E-state index in [1.807, 2.05) is 36.4 Å². The highest BCUT2D eigenvalue weighted by Gasteiger charge is 2.17. The zero-order valence-electron chi connectivity index (χ0n) is 11.6. The number of aromatic nitrogens is 1. The van der Waals surface area contributed by atoms with Gasteiger partial charge in [0.05, 0.1) is 19.8 Å². The summed E-state index contributed by atoms with van der Waals surface area (Å²) in [6.45, 7) is 2.76. The molecule has 1 aliphatic heterocycles. The molecule has 1 aliphatic rings. The third-order valence-electron chi connectivity index (χ3n) is 3.34. The molecule has 2 aromatic rings. The van der Waals surface area contributed by atoms with E-state index in [9.17, 15) is 4.79 Å². The van der Waals surface area contributed by atoms with Crippen LogP contribution in [-0.4, -0.2) is 42.4 Å². The number of benzene rings is 1. The lowest BCUT2D eigenvalue weighted by Crippen LogP contribution is -2.45. The van der Waals surface area contributed by atoms with E-state index in [1.54, 1.807) is 4.90 Å². The Hall–Kier alpha value is -2.34. The largest absolute Gasteiger partial charge is 0.378 e. The van der Waals surface area contributed by atoms with Gasteiger partial charge in [-0.3, -0.25) is 0 Å². The van der Waals surface area contributed by atoms with Crippen molar-refractivity contribution in [2.75, 3.05) is 26.3 Å². The van der Waals surface area contributed by atoms with Crippen LogP contribution in [0.3, 0.4) is 0 Å². The molecule has 2 amide bonds. The van der Waals surface area contributed by atoms with Crippen LogP contribution in [-0.2, 0) is 11.3 Å². The van der Waals surface area contributed by atoms with Crippen molar-refractivity contribution in [3.63, 3.8) is 0 Å². The zero-order chi connectivity index (χ0) is 14.5. The summed E-state index contributed by atoms with van der Waals surface area (Å²) in [6.07, 6.45) is 0. The first-order valence-electron chi connectivity index (χ1n) is 6.94. The van der Waals surface area contributed by atoms with Crippen molar-refractivity contribution in [1.82, 2.24) is 15.4 Å². The highest BCUT2D eigenvalue weighted by molar-refractivity contribution is 5.74. The van der Waals surface area contributed by atoms with Gasteiger partial charge in [0.25, 0.3) is 0 Å². The van der Waals surface area contributed by atoms with Gasteiger partial charge in [0, 0.05) is 24.7 Å². The van der Waals surface area contributed by atoms with Gasteiger partial charge >= 0.3 is 6.03 Å². The van der Waals surface area contributed by atoms with Gasteiger partial charge in [0.2, 0.25) is 0 Å². The maximum atomic E-state index is 11.9. The summed E-state index contributed by atoms with van der Waals surface area (Å²) in [6, 6.07) is 11.5. The molecule has 0 saturated carbocycles. The molecule has 3 rings (SSSR count). The Labute approximate surface area is 122 Å². The first-order valence-corrected chi connectivity index (χ1v) is 6.94. The molecule has 1 aromatic carbocycles. The van der Waals surface area contributed by atoms with Crippen LogP contribution in [0.5, 0.6) is 0 Å². The maximum absolute atomic E-state index is 11.9. The van der Waals surface area contributed by atoms with Gasteiger partial charge in [-0.2, -0.15) is 0 Å². The molecule has 6 heteroatoms. The van der Waals surface area contributed by atoms with Gasteiger partial charge < -0.3 is 19.5 Å². The number of amides is 2. The fraction of sp³-hybridized carbons (Fsp3) is 0.333. The normalized spacial score (nSPS) is 15.0. The molecule has 6 nitrogen and oxygen atoms in total. The minimum absolute atomic E-state index is 0.101. The number of rotatable bonds is 3. The van der Waals surface area contributed by atoms with E-state index < -0.39 is 0 Å². The maximum Gasteiger partial charge on any atom is 0.317 e. The van der Waals surface area contributed by atoms with E-state index in [0.717, 1.165) is 11.3 Å². The molecule has 21 heavy (non-hydrogen) atoms. The fourth-order valence-electron chi connectivity index (χ4n) is 2.18. The molecule has 110 valence electrons. The fourth-order valence-corrected chi connectivity index (χ4v) is 2.18. The van der Waals surface area contributed by atoms with E-state index in [-0.39, 0.29) is 6.03 Å². The van der Waals surface area contributed by atoms with Crippen molar-refractivity contribution in [3.8, 4) is 11.3 Å². The van der Waals surface area contributed by atoms with E-state index in [4.69, 9.17) is 9.26 Å². The first-order chi connectivity index (χ1) is 10.3. The predicted molar refractivity (Wildman–Crippen MR) is 76.6 cm³/mol. The van der Waals surface area contributed by atoms with Crippen LogP contribution >= 0.6 is 0 Å². The monoisotopic (exact) mass is 287 g/mol. The summed E-state index contributed by atoms with van der Waals surface area (Å²) in [7, 11) is 0. The highest BCUT2D eigenvalue weighted by atomic mass is 16.5. The number of hydrogen-bond acceptors (Lipinski definition) is 4. The van der Waals surface area contributed by atoms with Crippen molar-refractivity contribution in [2.24, 2.45) is 0 Å². The number of carbonyl (C=O) groups is 1. The molecule has 0 unspecified atom stereocenters. The van der Waals surface area contributed by atoms with Gasteiger partial charge in [-0.15, -0.1) is 0 Å². The van der Waals surface area contributed by atoms with Gasteiger partial charge in [-0.25, -0.2) is 4.79 Å². The lowest BCUT2D eigenvalue weighted by Gasteiger charge is -2.26. The summed E-state index contributed by atoms with van der Waals surface area (Å²) >= 11 is 0. The topological polar surface area (TPSA) is 67.6 Å². The average Bonchev–Trinajstić information content (AvgIpc) is 3.03. The first kappa shape index (κ1) is 13.6. The molecular weight excluding hydrogens is 270 g/mol. The standard InChI is InChI=1S/C15H17N3O3/c19-15(18-6-8-20-9-7-18)16-11-13-10-14(17-21-13)12-4-2-1-3-5-12/h1-5,10H,6-9,11H2,(H,16,19). The molecule has 0 atom stereocenters. The average molecular weight is 287 g/mol. The molecule has 2 heterocycles. The molecule has 1 aromatic heterocycles. The van der Waals surface area contributed by atoms with Crippen LogP contribution in [0.4, 0.5) is 4.79 Å². The van der Waals surface area contributed by atoms with Crippen molar-refractivity contribution < 1.29 is 14.1 Å². The molecule has 0 radical (unpaired) electrons. The Balaban J connectivity index is 1.56. The molecule has 1 fully saturated rings. The number of urea groups is 1. The highest BCUT2D eigenvalue weighted by Crippen LogP contribution is 2.18. The third kappa shape index (κ3) is 3.41. The SMILES string of the molecule is O=C(NCc1cc(-c2ccccc2)no1)N1CCOCC1. The molecule has 0 aliphatic carbocycles. The Kier molecular flexibility index (Phi) is 4.16. The van der Waals surface area contributed by atoms with Crippen LogP contribution in [0, 0.1) is 0 Å². The van der Waals surface area contributed by atoms with Crippen molar-refractivity contribution >= 4 is 6.03 Å². The van der Waals surface area contributed by atoms with E-state index in [2.05, 4.69) is 10.5 Å². The van der Waals surface area contributed by atoms with Crippen molar-refractivity contribution in [2.45, 2.75) is 6.54 Å². The van der Waals surface area contributed by atoms with E-state index in [0.29, 0.717) is 38.6 Å². The van der Waals surface area contributed by atoms with E-state index >= 15 is 0 Å². The minimum atomic E-state index is -0.101. The summed E-state index contributed by atoms with van der Waals surface area (Å²) < 4.78 is 10.5. The number of nitrogens with zero attached hydrogens (tertiary/aromatic N) is 2.